The third kappa shape index (κ3) is 1.18. The maximum Gasteiger partial charge on any atom is 0.145 e. The molecule has 1 aliphatic carbocycles. The molecule has 0 atom stereocenters. The van der Waals surface area contributed by atoms with Crippen LogP contribution in [0, 0.1) is 6.92 Å². The minimum Gasteiger partial charge on any atom is -0.382 e. The van der Waals surface area contributed by atoms with Gasteiger partial charge in [-0.2, -0.15) is 0 Å². The van der Waals surface area contributed by atoms with Gasteiger partial charge in [0.05, 0.1) is 11.4 Å². The highest BCUT2D eigenvalue weighted by atomic mass is 14.9. The summed E-state index contributed by atoms with van der Waals surface area (Å²) in [6, 6.07) is 0. The van der Waals surface area contributed by atoms with Gasteiger partial charge in [0, 0.05) is 12.1 Å². The summed E-state index contributed by atoms with van der Waals surface area (Å²) in [5.41, 5.74) is 7.58. The van der Waals surface area contributed by atoms with Crippen molar-refractivity contribution in [3.63, 3.8) is 0 Å². The largest absolute Gasteiger partial charge is 0.382 e. The lowest BCUT2D eigenvalue weighted by atomic mass is 10.3. The normalized spacial score (nSPS) is 16.8. The predicted octanol–water partition coefficient (Wildman–Crippen LogP) is 1.24. The van der Waals surface area contributed by atoms with E-state index in [1.54, 1.807) is 6.20 Å². The van der Waals surface area contributed by atoms with Gasteiger partial charge in [0.2, 0.25) is 0 Å². The summed E-state index contributed by atoms with van der Waals surface area (Å²) < 4.78 is 0. The van der Waals surface area contributed by atoms with Gasteiger partial charge in [0.1, 0.15) is 5.82 Å². The van der Waals surface area contributed by atoms with Gasteiger partial charge >= 0.3 is 0 Å². The number of nitrogens with two attached hydrogens (primary N) is 1. The molecule has 0 amide bonds. The van der Waals surface area contributed by atoms with Crippen LogP contribution >= 0.6 is 0 Å². The molecule has 1 aliphatic rings. The lowest BCUT2D eigenvalue weighted by Gasteiger charge is -2.01. The van der Waals surface area contributed by atoms with Crippen LogP contribution < -0.4 is 5.73 Å². The van der Waals surface area contributed by atoms with Crippen molar-refractivity contribution in [2.24, 2.45) is 0 Å². The zero-order valence-electron chi connectivity index (χ0n) is 6.54. The maximum absolute atomic E-state index is 5.69. The van der Waals surface area contributed by atoms with Crippen molar-refractivity contribution >= 4 is 5.82 Å². The number of nitrogen functional groups attached to an aromatic ring is 1. The summed E-state index contributed by atoms with van der Waals surface area (Å²) in [5, 5.41) is 0. The van der Waals surface area contributed by atoms with E-state index in [0.717, 1.165) is 11.4 Å². The molecule has 3 heteroatoms. The topological polar surface area (TPSA) is 51.8 Å². The van der Waals surface area contributed by atoms with Crippen molar-refractivity contribution in [2.45, 2.75) is 25.7 Å². The van der Waals surface area contributed by atoms with Gasteiger partial charge in [-0.05, 0) is 19.8 Å². The SMILES string of the molecule is Cc1cnc(C2CC2)c(N)n1. The highest BCUT2D eigenvalue weighted by Gasteiger charge is 2.27. The fourth-order valence-corrected chi connectivity index (χ4v) is 1.18. The third-order valence-electron chi connectivity index (χ3n) is 1.91. The average molecular weight is 149 g/mol. The molecule has 0 spiro atoms. The highest BCUT2D eigenvalue weighted by Crippen LogP contribution is 2.40. The second-order valence-corrected chi connectivity index (χ2v) is 3.06. The molecule has 0 aromatic carbocycles. The molecule has 3 nitrogen and oxygen atoms in total. The van der Waals surface area contributed by atoms with E-state index in [-0.39, 0.29) is 0 Å². The Morgan fingerprint density at radius 1 is 1.55 bits per heavy atom. The molecule has 2 rings (SSSR count). The Kier molecular flexibility index (Phi) is 1.31. The Bertz CT molecular complexity index is 279. The summed E-state index contributed by atoms with van der Waals surface area (Å²) >= 11 is 0. The van der Waals surface area contributed by atoms with Crippen molar-refractivity contribution in [3.8, 4) is 0 Å². The number of hydrogen-bond acceptors (Lipinski definition) is 3. The molecular weight excluding hydrogens is 138 g/mol. The molecule has 2 N–H and O–H groups in total. The summed E-state index contributed by atoms with van der Waals surface area (Å²) in [4.78, 5) is 8.40. The first-order chi connectivity index (χ1) is 5.27. The van der Waals surface area contributed by atoms with Crippen LogP contribution in [0.3, 0.4) is 0 Å². The van der Waals surface area contributed by atoms with Crippen molar-refractivity contribution in [1.82, 2.24) is 9.97 Å². The summed E-state index contributed by atoms with van der Waals surface area (Å²) in [5.74, 6) is 1.22. The van der Waals surface area contributed by atoms with E-state index < -0.39 is 0 Å². The molecule has 0 unspecified atom stereocenters. The van der Waals surface area contributed by atoms with Crippen molar-refractivity contribution in [2.75, 3.05) is 5.73 Å². The first-order valence-electron chi connectivity index (χ1n) is 3.86. The highest BCUT2D eigenvalue weighted by molar-refractivity contribution is 5.39. The average Bonchev–Trinajstić information content (AvgIpc) is 2.70. The van der Waals surface area contributed by atoms with Crippen LogP contribution in [0.2, 0.25) is 0 Å². The van der Waals surface area contributed by atoms with Crippen molar-refractivity contribution in [3.05, 3.63) is 17.6 Å². The van der Waals surface area contributed by atoms with E-state index in [2.05, 4.69) is 9.97 Å². The molecule has 1 aromatic heterocycles. The Labute approximate surface area is 65.7 Å². The molecule has 11 heavy (non-hydrogen) atoms. The number of anilines is 1. The fourth-order valence-electron chi connectivity index (χ4n) is 1.18. The van der Waals surface area contributed by atoms with E-state index >= 15 is 0 Å². The molecule has 0 radical (unpaired) electrons. The molecule has 1 aromatic rings. The Morgan fingerprint density at radius 3 is 2.82 bits per heavy atom. The van der Waals surface area contributed by atoms with Gasteiger partial charge in [-0.25, -0.2) is 4.98 Å². The monoisotopic (exact) mass is 149 g/mol. The van der Waals surface area contributed by atoms with E-state index in [1.807, 2.05) is 6.92 Å². The van der Waals surface area contributed by atoms with Gasteiger partial charge in [-0.3, -0.25) is 4.98 Å². The number of nitrogens with zero attached hydrogens (tertiary/aromatic N) is 2. The smallest absolute Gasteiger partial charge is 0.145 e. The van der Waals surface area contributed by atoms with Gasteiger partial charge in [0.15, 0.2) is 0 Å². The van der Waals surface area contributed by atoms with Crippen LogP contribution in [0.1, 0.15) is 30.1 Å². The maximum atomic E-state index is 5.69. The lowest BCUT2D eigenvalue weighted by molar-refractivity contribution is 0.977. The minimum absolute atomic E-state index is 0.600. The zero-order valence-corrected chi connectivity index (χ0v) is 6.54. The quantitative estimate of drug-likeness (QED) is 0.653. The minimum atomic E-state index is 0.600. The fraction of sp³-hybridized carbons (Fsp3) is 0.500. The summed E-state index contributed by atoms with van der Waals surface area (Å²) in [6.45, 7) is 1.90. The predicted molar refractivity (Wildman–Crippen MR) is 43.2 cm³/mol. The van der Waals surface area contributed by atoms with Gasteiger partial charge in [-0.15, -0.1) is 0 Å². The number of hydrogen-bond donors (Lipinski definition) is 1. The standard InChI is InChI=1S/C8H11N3/c1-5-4-10-7(6-2-3-6)8(9)11-5/h4,6H,2-3H2,1H3,(H2,9,11). The molecular formula is C8H11N3. The van der Waals surface area contributed by atoms with Crippen LogP contribution in [0.5, 0.6) is 0 Å². The van der Waals surface area contributed by atoms with Crippen molar-refractivity contribution < 1.29 is 0 Å². The molecule has 58 valence electrons. The summed E-state index contributed by atoms with van der Waals surface area (Å²) in [7, 11) is 0. The van der Waals surface area contributed by atoms with Crippen LogP contribution in [-0.2, 0) is 0 Å². The third-order valence-corrected chi connectivity index (χ3v) is 1.91. The number of aromatic nitrogens is 2. The summed E-state index contributed by atoms with van der Waals surface area (Å²) in [6.07, 6.45) is 4.23. The number of rotatable bonds is 1. The second-order valence-electron chi connectivity index (χ2n) is 3.06. The van der Waals surface area contributed by atoms with Gasteiger partial charge in [0.25, 0.3) is 0 Å². The van der Waals surface area contributed by atoms with E-state index in [1.165, 1.54) is 12.8 Å². The molecule has 0 saturated heterocycles. The van der Waals surface area contributed by atoms with E-state index in [0.29, 0.717) is 11.7 Å². The van der Waals surface area contributed by atoms with Crippen LogP contribution in [0.15, 0.2) is 6.20 Å². The zero-order chi connectivity index (χ0) is 7.84. The first kappa shape index (κ1) is 6.58. The lowest BCUT2D eigenvalue weighted by Crippen LogP contribution is -2.00. The second kappa shape index (κ2) is 2.19. The van der Waals surface area contributed by atoms with Gasteiger partial charge in [-0.1, -0.05) is 0 Å². The molecule has 1 saturated carbocycles. The molecule has 0 aliphatic heterocycles. The van der Waals surface area contributed by atoms with E-state index in [4.69, 9.17) is 5.73 Å². The molecule has 0 bridgehead atoms. The number of aryl methyl sites for hydroxylation is 1. The Hall–Kier alpha value is -1.12. The van der Waals surface area contributed by atoms with Gasteiger partial charge < -0.3 is 5.73 Å². The molecule has 1 heterocycles. The van der Waals surface area contributed by atoms with Crippen LogP contribution in [0.25, 0.3) is 0 Å². The Balaban J connectivity index is 2.39. The Morgan fingerprint density at radius 2 is 2.27 bits per heavy atom. The molecule has 1 fully saturated rings. The van der Waals surface area contributed by atoms with E-state index in [9.17, 15) is 0 Å². The van der Waals surface area contributed by atoms with Crippen molar-refractivity contribution in [1.29, 1.82) is 0 Å². The van der Waals surface area contributed by atoms with Crippen LogP contribution in [-0.4, -0.2) is 9.97 Å². The first-order valence-corrected chi connectivity index (χ1v) is 3.86. The van der Waals surface area contributed by atoms with Crippen LogP contribution in [0.4, 0.5) is 5.82 Å².